The first-order valence-corrected chi connectivity index (χ1v) is 7.13. The summed E-state index contributed by atoms with van der Waals surface area (Å²) in [6.07, 6.45) is 6.96. The molecule has 0 unspecified atom stereocenters. The monoisotopic (exact) mass is 259 g/mol. The molecule has 1 saturated carbocycles. The predicted molar refractivity (Wildman–Crippen MR) is 76.2 cm³/mol. The fourth-order valence-corrected chi connectivity index (χ4v) is 2.72. The second-order valence-corrected chi connectivity index (χ2v) is 5.53. The number of phenolic OH excluding ortho intramolecular Hbond substituents is 1. The van der Waals surface area contributed by atoms with E-state index in [4.69, 9.17) is 5.73 Å². The van der Waals surface area contributed by atoms with E-state index in [-0.39, 0.29) is 0 Å². The standard InChI is InChI=1S/C15H21N3O/c16-15(18-11-6-7-11)17-9-13-12-4-2-1-3-10(12)5-8-14(13)19/h5,8,11,19H,1-4,6-7,9H2,(H3,16,17,18). The van der Waals surface area contributed by atoms with Gasteiger partial charge in [0.25, 0.3) is 0 Å². The Kier molecular flexibility index (Phi) is 3.32. The van der Waals surface area contributed by atoms with Crippen LogP contribution in [0.2, 0.25) is 0 Å². The van der Waals surface area contributed by atoms with E-state index in [1.165, 1.54) is 36.8 Å². The average Bonchev–Trinajstić information content (AvgIpc) is 3.21. The summed E-state index contributed by atoms with van der Waals surface area (Å²) >= 11 is 0. The molecular formula is C15H21N3O. The number of fused-ring (bicyclic) bond motifs is 1. The molecule has 4 heteroatoms. The fourth-order valence-electron chi connectivity index (χ4n) is 2.72. The number of nitrogens with zero attached hydrogens (tertiary/aromatic N) is 1. The van der Waals surface area contributed by atoms with E-state index in [1.807, 2.05) is 6.07 Å². The van der Waals surface area contributed by atoms with Gasteiger partial charge in [-0.1, -0.05) is 6.07 Å². The Balaban J connectivity index is 1.79. The van der Waals surface area contributed by atoms with E-state index < -0.39 is 0 Å². The van der Waals surface area contributed by atoms with E-state index in [9.17, 15) is 5.11 Å². The molecule has 2 aliphatic carbocycles. The number of aryl methyl sites for hydroxylation is 1. The zero-order valence-electron chi connectivity index (χ0n) is 11.2. The number of nitrogens with two attached hydrogens (primary N) is 1. The van der Waals surface area contributed by atoms with Crippen molar-refractivity contribution in [1.29, 1.82) is 0 Å². The summed E-state index contributed by atoms with van der Waals surface area (Å²) in [5.74, 6) is 0.846. The van der Waals surface area contributed by atoms with Gasteiger partial charge in [-0.15, -0.1) is 0 Å². The van der Waals surface area contributed by atoms with Gasteiger partial charge in [0.05, 0.1) is 6.54 Å². The predicted octanol–water partition coefficient (Wildman–Crippen LogP) is 1.84. The highest BCUT2D eigenvalue weighted by molar-refractivity contribution is 5.78. The second-order valence-electron chi connectivity index (χ2n) is 5.53. The van der Waals surface area contributed by atoms with Crippen LogP contribution in [0.1, 0.15) is 42.4 Å². The molecule has 0 aromatic heterocycles. The molecule has 1 aromatic carbocycles. The molecule has 0 heterocycles. The van der Waals surface area contributed by atoms with Crippen molar-refractivity contribution in [3.05, 3.63) is 28.8 Å². The van der Waals surface area contributed by atoms with Gasteiger partial charge in [-0.2, -0.15) is 0 Å². The van der Waals surface area contributed by atoms with Crippen molar-refractivity contribution >= 4 is 5.96 Å². The average molecular weight is 259 g/mol. The quantitative estimate of drug-likeness (QED) is 0.573. The number of hydrogen-bond acceptors (Lipinski definition) is 2. The molecular weight excluding hydrogens is 238 g/mol. The van der Waals surface area contributed by atoms with Crippen molar-refractivity contribution in [3.63, 3.8) is 0 Å². The summed E-state index contributed by atoms with van der Waals surface area (Å²) in [5, 5.41) is 13.2. The van der Waals surface area contributed by atoms with Gasteiger partial charge in [-0.05, 0) is 55.7 Å². The highest BCUT2D eigenvalue weighted by Gasteiger charge is 2.21. The first-order chi connectivity index (χ1) is 9.24. The third-order valence-corrected chi connectivity index (χ3v) is 3.96. The maximum Gasteiger partial charge on any atom is 0.189 e. The molecule has 19 heavy (non-hydrogen) atoms. The summed E-state index contributed by atoms with van der Waals surface area (Å²) in [4.78, 5) is 4.37. The van der Waals surface area contributed by atoms with Gasteiger partial charge in [-0.3, -0.25) is 0 Å². The molecule has 1 aromatic rings. The lowest BCUT2D eigenvalue weighted by Crippen LogP contribution is -2.33. The molecule has 2 aliphatic rings. The third-order valence-electron chi connectivity index (χ3n) is 3.96. The second kappa shape index (κ2) is 5.11. The number of nitrogens with one attached hydrogen (secondary N) is 1. The highest BCUT2D eigenvalue weighted by Crippen LogP contribution is 2.31. The van der Waals surface area contributed by atoms with Crippen molar-refractivity contribution in [2.75, 3.05) is 0 Å². The number of aliphatic imine (C=N–C) groups is 1. The van der Waals surface area contributed by atoms with Crippen molar-refractivity contribution < 1.29 is 5.11 Å². The number of hydrogen-bond donors (Lipinski definition) is 3. The van der Waals surface area contributed by atoms with Gasteiger partial charge >= 0.3 is 0 Å². The topological polar surface area (TPSA) is 70.6 Å². The Morgan fingerprint density at radius 3 is 2.89 bits per heavy atom. The van der Waals surface area contributed by atoms with Gasteiger partial charge in [0.15, 0.2) is 5.96 Å². The minimum absolute atomic E-state index is 0.351. The van der Waals surface area contributed by atoms with Crippen molar-refractivity contribution in [2.24, 2.45) is 10.7 Å². The molecule has 4 N–H and O–H groups in total. The van der Waals surface area contributed by atoms with Crippen LogP contribution in [0.5, 0.6) is 5.75 Å². The largest absolute Gasteiger partial charge is 0.508 e. The molecule has 102 valence electrons. The third kappa shape index (κ3) is 2.83. The maximum atomic E-state index is 10.0. The van der Waals surface area contributed by atoms with Crippen LogP contribution in [0.4, 0.5) is 0 Å². The molecule has 0 saturated heterocycles. The van der Waals surface area contributed by atoms with Gasteiger partial charge in [0.2, 0.25) is 0 Å². The van der Waals surface area contributed by atoms with Gasteiger partial charge in [0.1, 0.15) is 5.75 Å². The summed E-state index contributed by atoms with van der Waals surface area (Å²) in [7, 11) is 0. The molecule has 0 aliphatic heterocycles. The SMILES string of the molecule is NC(=NCc1c(O)ccc2c1CCCC2)NC1CC1. The van der Waals surface area contributed by atoms with Crippen LogP contribution in [0, 0.1) is 0 Å². The highest BCUT2D eigenvalue weighted by atomic mass is 16.3. The number of rotatable bonds is 3. The van der Waals surface area contributed by atoms with E-state index in [1.54, 1.807) is 6.07 Å². The van der Waals surface area contributed by atoms with Crippen LogP contribution in [-0.2, 0) is 19.4 Å². The number of aromatic hydroxyl groups is 1. The Bertz CT molecular complexity index is 506. The van der Waals surface area contributed by atoms with Crippen LogP contribution in [0.25, 0.3) is 0 Å². The van der Waals surface area contributed by atoms with E-state index in [0.717, 1.165) is 18.4 Å². The van der Waals surface area contributed by atoms with Gasteiger partial charge in [-0.25, -0.2) is 4.99 Å². The number of guanidine groups is 1. The lowest BCUT2D eigenvalue weighted by Gasteiger charge is -2.19. The Morgan fingerprint density at radius 2 is 2.11 bits per heavy atom. The first kappa shape index (κ1) is 12.3. The van der Waals surface area contributed by atoms with Crippen LogP contribution in [0.15, 0.2) is 17.1 Å². The van der Waals surface area contributed by atoms with Crippen LogP contribution in [-0.4, -0.2) is 17.1 Å². The number of benzene rings is 1. The molecule has 0 atom stereocenters. The zero-order valence-corrected chi connectivity index (χ0v) is 11.2. The molecule has 1 fully saturated rings. The summed E-state index contributed by atoms with van der Waals surface area (Å²) in [5.41, 5.74) is 9.45. The minimum Gasteiger partial charge on any atom is -0.508 e. The Morgan fingerprint density at radius 1 is 1.32 bits per heavy atom. The van der Waals surface area contributed by atoms with Crippen molar-refractivity contribution in [3.8, 4) is 5.75 Å². The molecule has 3 rings (SSSR count). The zero-order chi connectivity index (χ0) is 13.2. The van der Waals surface area contributed by atoms with Crippen molar-refractivity contribution in [1.82, 2.24) is 5.32 Å². The molecule has 0 amide bonds. The van der Waals surface area contributed by atoms with Crippen LogP contribution >= 0.6 is 0 Å². The summed E-state index contributed by atoms with van der Waals surface area (Å²) < 4.78 is 0. The lowest BCUT2D eigenvalue weighted by atomic mass is 9.88. The van der Waals surface area contributed by atoms with Gasteiger partial charge < -0.3 is 16.2 Å². The normalized spacial score (nSPS) is 19.1. The molecule has 0 radical (unpaired) electrons. The van der Waals surface area contributed by atoms with Crippen LogP contribution in [0.3, 0.4) is 0 Å². The summed E-state index contributed by atoms with van der Waals surface area (Å²) in [6.45, 7) is 0.473. The summed E-state index contributed by atoms with van der Waals surface area (Å²) in [6, 6.07) is 4.35. The van der Waals surface area contributed by atoms with E-state index in [0.29, 0.717) is 24.3 Å². The van der Waals surface area contributed by atoms with E-state index >= 15 is 0 Å². The molecule has 4 nitrogen and oxygen atoms in total. The van der Waals surface area contributed by atoms with Gasteiger partial charge in [0, 0.05) is 11.6 Å². The molecule has 0 bridgehead atoms. The fraction of sp³-hybridized carbons (Fsp3) is 0.533. The molecule has 0 spiro atoms. The first-order valence-electron chi connectivity index (χ1n) is 7.13. The Labute approximate surface area is 113 Å². The minimum atomic E-state index is 0.351. The lowest BCUT2D eigenvalue weighted by molar-refractivity contribution is 0.465. The Hall–Kier alpha value is -1.71. The number of phenols is 1. The van der Waals surface area contributed by atoms with E-state index in [2.05, 4.69) is 10.3 Å². The smallest absolute Gasteiger partial charge is 0.189 e. The van der Waals surface area contributed by atoms with Crippen LogP contribution < -0.4 is 11.1 Å². The maximum absolute atomic E-state index is 10.0. The van der Waals surface area contributed by atoms with Crippen molar-refractivity contribution in [2.45, 2.75) is 51.1 Å².